The van der Waals surface area contributed by atoms with Crippen LogP contribution >= 0.6 is 35.0 Å². The number of hydrogen-bond acceptors (Lipinski definition) is 5. The average Bonchev–Trinajstić information content (AvgIpc) is 2.60. The molecule has 2 atom stereocenters. The molecule has 0 saturated heterocycles. The SMILES string of the molecule is CSCC[C@@H](NC(=O)c1ccc(Cl)cc1Cl)C(=O)O[C@H]1CCCCC1=O. The standard InChI is InChI=1S/C18H21Cl2NO4S/c1-26-9-8-14(18(24)25-16-5-3-2-4-15(16)22)21-17(23)12-7-6-11(19)10-13(12)20/h6-7,10,14,16H,2-5,8-9H2,1H3,(H,21,23)/t14-,16+/m1/s1. The molecule has 5 nitrogen and oxygen atoms in total. The molecule has 142 valence electrons. The fourth-order valence-corrected chi connectivity index (χ4v) is 3.66. The van der Waals surface area contributed by atoms with Gasteiger partial charge in [-0.05, 0) is 55.9 Å². The van der Waals surface area contributed by atoms with Crippen LogP contribution in [0.2, 0.25) is 10.0 Å². The molecular formula is C18H21Cl2NO4S. The van der Waals surface area contributed by atoms with Crippen molar-refractivity contribution < 1.29 is 19.1 Å². The summed E-state index contributed by atoms with van der Waals surface area (Å²) in [5, 5.41) is 3.29. The summed E-state index contributed by atoms with van der Waals surface area (Å²) in [5.41, 5.74) is 0.228. The number of carbonyl (C=O) groups is 3. The summed E-state index contributed by atoms with van der Waals surface area (Å²) in [6.45, 7) is 0. The molecule has 0 heterocycles. The molecule has 8 heteroatoms. The van der Waals surface area contributed by atoms with Gasteiger partial charge in [-0.3, -0.25) is 9.59 Å². The topological polar surface area (TPSA) is 72.5 Å². The van der Waals surface area contributed by atoms with Crippen molar-refractivity contribution in [1.82, 2.24) is 5.32 Å². The van der Waals surface area contributed by atoms with Crippen molar-refractivity contribution in [3.8, 4) is 0 Å². The van der Waals surface area contributed by atoms with Crippen LogP contribution in [0, 0.1) is 0 Å². The number of amides is 1. The van der Waals surface area contributed by atoms with Gasteiger partial charge in [0.25, 0.3) is 5.91 Å². The minimum atomic E-state index is -0.837. The van der Waals surface area contributed by atoms with E-state index in [0.717, 1.165) is 12.8 Å². The van der Waals surface area contributed by atoms with Crippen molar-refractivity contribution in [1.29, 1.82) is 0 Å². The molecule has 2 rings (SSSR count). The number of carbonyl (C=O) groups excluding carboxylic acids is 3. The van der Waals surface area contributed by atoms with E-state index in [1.54, 1.807) is 17.8 Å². The average molecular weight is 418 g/mol. The third-order valence-electron chi connectivity index (χ3n) is 4.13. The van der Waals surface area contributed by atoms with E-state index < -0.39 is 24.0 Å². The quantitative estimate of drug-likeness (QED) is 0.680. The lowest BCUT2D eigenvalue weighted by Gasteiger charge is -2.24. The molecular weight excluding hydrogens is 397 g/mol. The van der Waals surface area contributed by atoms with E-state index in [4.69, 9.17) is 27.9 Å². The molecule has 26 heavy (non-hydrogen) atoms. The van der Waals surface area contributed by atoms with Crippen molar-refractivity contribution in [3.05, 3.63) is 33.8 Å². The van der Waals surface area contributed by atoms with E-state index >= 15 is 0 Å². The van der Waals surface area contributed by atoms with Gasteiger partial charge >= 0.3 is 5.97 Å². The predicted octanol–water partition coefficient (Wildman–Crippen LogP) is 3.90. The first-order chi connectivity index (χ1) is 12.4. The first-order valence-corrected chi connectivity index (χ1v) is 10.6. The number of hydrogen-bond donors (Lipinski definition) is 1. The third-order valence-corrected chi connectivity index (χ3v) is 5.33. The van der Waals surface area contributed by atoms with E-state index in [1.165, 1.54) is 12.1 Å². The van der Waals surface area contributed by atoms with Crippen LogP contribution in [0.15, 0.2) is 18.2 Å². The fraction of sp³-hybridized carbons (Fsp3) is 0.500. The lowest BCUT2D eigenvalue weighted by atomic mass is 9.96. The minimum Gasteiger partial charge on any atom is -0.453 e. The second kappa shape index (κ2) is 10.2. The Balaban J connectivity index is 2.06. The zero-order valence-corrected chi connectivity index (χ0v) is 16.8. The summed E-state index contributed by atoms with van der Waals surface area (Å²) in [6.07, 6.45) is 4.25. The Morgan fingerprint density at radius 1 is 1.35 bits per heavy atom. The number of Topliss-reactive ketones (excluding diaryl/α,β-unsaturated/α-hetero) is 1. The van der Waals surface area contributed by atoms with Gasteiger partial charge in [0.05, 0.1) is 10.6 Å². The Hall–Kier alpha value is -1.24. The van der Waals surface area contributed by atoms with E-state index in [9.17, 15) is 14.4 Å². The third kappa shape index (κ3) is 5.89. The van der Waals surface area contributed by atoms with Gasteiger partial charge in [0.2, 0.25) is 0 Å². The molecule has 1 fully saturated rings. The van der Waals surface area contributed by atoms with Crippen LogP contribution < -0.4 is 5.32 Å². The molecule has 1 aromatic rings. The number of nitrogens with one attached hydrogen (secondary N) is 1. The summed E-state index contributed by atoms with van der Waals surface area (Å²) < 4.78 is 5.38. The smallest absolute Gasteiger partial charge is 0.329 e. The van der Waals surface area contributed by atoms with Crippen LogP contribution in [0.3, 0.4) is 0 Å². The number of benzene rings is 1. The Bertz CT molecular complexity index is 683. The Morgan fingerprint density at radius 2 is 2.12 bits per heavy atom. The van der Waals surface area contributed by atoms with Crippen LogP contribution in [0.1, 0.15) is 42.5 Å². The summed E-state index contributed by atoms with van der Waals surface area (Å²) in [5.74, 6) is -0.463. The molecule has 1 aliphatic rings. The predicted molar refractivity (Wildman–Crippen MR) is 104 cm³/mol. The highest BCUT2D eigenvalue weighted by Gasteiger charge is 2.30. The minimum absolute atomic E-state index is 0.0553. The second-order valence-electron chi connectivity index (χ2n) is 6.07. The van der Waals surface area contributed by atoms with Gasteiger partial charge in [-0.1, -0.05) is 23.2 Å². The van der Waals surface area contributed by atoms with Crippen molar-refractivity contribution in [2.24, 2.45) is 0 Å². The number of halogens is 2. The summed E-state index contributed by atoms with van der Waals surface area (Å²) >= 11 is 13.5. The van der Waals surface area contributed by atoms with Gasteiger partial charge in [0.1, 0.15) is 6.04 Å². The summed E-state index contributed by atoms with van der Waals surface area (Å²) in [6, 6.07) is 3.69. The molecule has 1 amide bonds. The van der Waals surface area contributed by atoms with Gasteiger partial charge in [-0.2, -0.15) is 11.8 Å². The molecule has 0 aromatic heterocycles. The molecule has 0 aliphatic heterocycles. The molecule has 1 saturated carbocycles. The normalized spacial score (nSPS) is 18.3. The van der Waals surface area contributed by atoms with Crippen LogP contribution in [-0.2, 0) is 14.3 Å². The highest BCUT2D eigenvalue weighted by atomic mass is 35.5. The van der Waals surface area contributed by atoms with Gasteiger partial charge in [0, 0.05) is 11.4 Å². The number of rotatable bonds is 7. The van der Waals surface area contributed by atoms with Crippen molar-refractivity contribution in [2.75, 3.05) is 12.0 Å². The highest BCUT2D eigenvalue weighted by Crippen LogP contribution is 2.22. The number of esters is 1. The monoisotopic (exact) mass is 417 g/mol. The van der Waals surface area contributed by atoms with Crippen LogP contribution in [0.25, 0.3) is 0 Å². The van der Waals surface area contributed by atoms with Crippen molar-refractivity contribution in [2.45, 2.75) is 44.2 Å². The molecule has 1 aromatic carbocycles. The zero-order chi connectivity index (χ0) is 19.1. The Kier molecular flexibility index (Phi) is 8.25. The molecule has 0 bridgehead atoms. The van der Waals surface area contributed by atoms with E-state index in [2.05, 4.69) is 5.32 Å². The second-order valence-corrected chi connectivity index (χ2v) is 7.90. The first-order valence-electron chi connectivity index (χ1n) is 8.40. The number of thioether (sulfide) groups is 1. The fourth-order valence-electron chi connectivity index (χ4n) is 2.69. The summed E-state index contributed by atoms with van der Waals surface area (Å²) in [7, 11) is 0. The maximum atomic E-state index is 12.5. The number of ketones is 1. The van der Waals surface area contributed by atoms with Crippen molar-refractivity contribution >= 4 is 52.6 Å². The van der Waals surface area contributed by atoms with Crippen LogP contribution in [-0.4, -0.2) is 41.8 Å². The van der Waals surface area contributed by atoms with Crippen molar-refractivity contribution in [3.63, 3.8) is 0 Å². The van der Waals surface area contributed by atoms with Crippen LogP contribution in [0.5, 0.6) is 0 Å². The largest absolute Gasteiger partial charge is 0.453 e. The van der Waals surface area contributed by atoms with Gasteiger partial charge in [-0.15, -0.1) is 0 Å². The molecule has 0 radical (unpaired) electrons. The Morgan fingerprint density at radius 3 is 2.77 bits per heavy atom. The van der Waals surface area contributed by atoms with Gasteiger partial charge in [0.15, 0.2) is 11.9 Å². The molecule has 1 N–H and O–H groups in total. The zero-order valence-electron chi connectivity index (χ0n) is 14.4. The Labute approximate surface area is 167 Å². The highest BCUT2D eigenvalue weighted by molar-refractivity contribution is 7.98. The maximum absolute atomic E-state index is 12.5. The van der Waals surface area contributed by atoms with Crippen LogP contribution in [0.4, 0.5) is 0 Å². The van der Waals surface area contributed by atoms with Gasteiger partial charge in [-0.25, -0.2) is 4.79 Å². The van der Waals surface area contributed by atoms with E-state index in [0.29, 0.717) is 30.0 Å². The molecule has 1 aliphatic carbocycles. The van der Waals surface area contributed by atoms with E-state index in [-0.39, 0.29) is 16.4 Å². The maximum Gasteiger partial charge on any atom is 0.329 e. The first kappa shape index (κ1) is 21.1. The molecule has 0 spiro atoms. The lowest BCUT2D eigenvalue weighted by Crippen LogP contribution is -2.44. The van der Waals surface area contributed by atoms with Gasteiger partial charge < -0.3 is 10.1 Å². The molecule has 0 unspecified atom stereocenters. The number of ether oxygens (including phenoxy) is 1. The van der Waals surface area contributed by atoms with E-state index in [1.807, 2.05) is 6.26 Å². The lowest BCUT2D eigenvalue weighted by molar-refractivity contribution is -0.158. The summed E-state index contributed by atoms with van der Waals surface area (Å²) in [4.78, 5) is 36.9.